The van der Waals surface area contributed by atoms with Gasteiger partial charge >= 0.3 is 0 Å². The maximum atomic E-state index is 11.5. The number of allylic oxidation sites excluding steroid dienone is 4. The number of hydrogen-bond donors (Lipinski definition) is 2. The topological polar surface area (TPSA) is 93.6 Å². The molecule has 1 aliphatic rings. The fraction of sp³-hybridized carbons (Fsp3) is 0.300. The molecule has 1 saturated heterocycles. The molecule has 2 aromatic heterocycles. The van der Waals surface area contributed by atoms with Crippen molar-refractivity contribution in [1.29, 1.82) is 0 Å². The van der Waals surface area contributed by atoms with Crippen molar-refractivity contribution in [2.24, 2.45) is 0 Å². The summed E-state index contributed by atoms with van der Waals surface area (Å²) < 4.78 is 7.00. The molecule has 1 aliphatic heterocycles. The minimum absolute atomic E-state index is 0.272. The highest BCUT2D eigenvalue weighted by atomic mass is 35.5. The van der Waals surface area contributed by atoms with Crippen molar-refractivity contribution in [2.75, 3.05) is 36.9 Å². The van der Waals surface area contributed by atoms with Crippen molar-refractivity contribution in [3.05, 3.63) is 63.6 Å². The number of anilines is 2. The first kappa shape index (κ1) is 20.0. The van der Waals surface area contributed by atoms with Crippen molar-refractivity contribution in [3.63, 3.8) is 0 Å². The van der Waals surface area contributed by atoms with Crippen LogP contribution >= 0.6 is 11.6 Å². The standard InChI is InChI=1S/C20H23ClN4O3/c1-2-3-14(5-7-25-13-17(27)16(26)12-18(25)22)15-4-6-23-20(19(15)21)24-8-10-28-11-9-24/h2-6,12-13,27H,7-11,22H2,1H3/b3-2-,14-5+. The van der Waals surface area contributed by atoms with Gasteiger partial charge in [0.15, 0.2) is 5.75 Å². The molecule has 0 atom stereocenters. The number of halogens is 1. The zero-order chi connectivity index (χ0) is 20.1. The lowest BCUT2D eigenvalue weighted by Crippen LogP contribution is -2.37. The average Bonchev–Trinajstić information content (AvgIpc) is 2.70. The normalized spacial score (nSPS) is 15.4. The molecule has 0 unspecified atom stereocenters. The lowest BCUT2D eigenvalue weighted by molar-refractivity contribution is 0.122. The van der Waals surface area contributed by atoms with Gasteiger partial charge in [0.05, 0.1) is 24.4 Å². The zero-order valence-electron chi connectivity index (χ0n) is 15.6. The summed E-state index contributed by atoms with van der Waals surface area (Å²) in [5.41, 5.74) is 7.13. The molecule has 2 aromatic rings. The molecule has 0 spiro atoms. The van der Waals surface area contributed by atoms with E-state index in [1.165, 1.54) is 12.3 Å². The van der Waals surface area contributed by atoms with Gasteiger partial charge in [0.1, 0.15) is 11.6 Å². The first-order valence-electron chi connectivity index (χ1n) is 9.00. The summed E-state index contributed by atoms with van der Waals surface area (Å²) in [4.78, 5) is 18.0. The van der Waals surface area contributed by atoms with E-state index in [-0.39, 0.29) is 11.6 Å². The Kier molecular flexibility index (Phi) is 6.38. The van der Waals surface area contributed by atoms with E-state index in [0.29, 0.717) is 24.8 Å². The third-order valence-corrected chi connectivity index (χ3v) is 4.86. The summed E-state index contributed by atoms with van der Waals surface area (Å²) in [7, 11) is 0. The van der Waals surface area contributed by atoms with Crippen molar-refractivity contribution >= 4 is 28.8 Å². The van der Waals surface area contributed by atoms with Gasteiger partial charge in [0, 0.05) is 37.5 Å². The van der Waals surface area contributed by atoms with Crippen LogP contribution in [0.15, 0.2) is 47.5 Å². The van der Waals surface area contributed by atoms with Crippen LogP contribution in [0.25, 0.3) is 5.57 Å². The highest BCUT2D eigenvalue weighted by molar-refractivity contribution is 6.34. The summed E-state index contributed by atoms with van der Waals surface area (Å²) in [6.07, 6.45) is 8.87. The van der Waals surface area contributed by atoms with Crippen LogP contribution in [0.1, 0.15) is 12.5 Å². The Morgan fingerprint density at radius 3 is 2.89 bits per heavy atom. The molecular formula is C20H23ClN4O3. The summed E-state index contributed by atoms with van der Waals surface area (Å²) in [6, 6.07) is 3.07. The highest BCUT2D eigenvalue weighted by Gasteiger charge is 2.18. The van der Waals surface area contributed by atoms with Gasteiger partial charge in [-0.1, -0.05) is 29.8 Å². The molecule has 7 nitrogen and oxygen atoms in total. The second-order valence-corrected chi connectivity index (χ2v) is 6.73. The van der Waals surface area contributed by atoms with Crippen molar-refractivity contribution in [1.82, 2.24) is 9.55 Å². The first-order chi connectivity index (χ1) is 13.5. The highest BCUT2D eigenvalue weighted by Crippen LogP contribution is 2.32. The van der Waals surface area contributed by atoms with Gasteiger partial charge < -0.3 is 25.0 Å². The van der Waals surface area contributed by atoms with E-state index >= 15 is 0 Å². The number of rotatable bonds is 5. The van der Waals surface area contributed by atoms with Gasteiger partial charge in [-0.3, -0.25) is 4.79 Å². The van der Waals surface area contributed by atoms with E-state index in [2.05, 4.69) is 9.88 Å². The van der Waals surface area contributed by atoms with Crippen molar-refractivity contribution < 1.29 is 9.84 Å². The van der Waals surface area contributed by atoms with Crippen LogP contribution in [0.5, 0.6) is 5.75 Å². The fourth-order valence-electron chi connectivity index (χ4n) is 3.03. The number of nitrogens with two attached hydrogens (primary N) is 1. The Morgan fingerprint density at radius 2 is 2.18 bits per heavy atom. The Balaban J connectivity index is 1.95. The van der Waals surface area contributed by atoms with Gasteiger partial charge in [-0.15, -0.1) is 0 Å². The third-order valence-electron chi connectivity index (χ3n) is 4.49. The summed E-state index contributed by atoms with van der Waals surface area (Å²) in [6.45, 7) is 5.07. The monoisotopic (exact) mass is 402 g/mol. The number of aromatic nitrogens is 2. The van der Waals surface area contributed by atoms with Crippen LogP contribution in [0.4, 0.5) is 11.6 Å². The molecular weight excluding hydrogens is 380 g/mol. The summed E-state index contributed by atoms with van der Waals surface area (Å²) in [5.74, 6) is 0.666. The molecule has 28 heavy (non-hydrogen) atoms. The molecule has 0 radical (unpaired) electrons. The van der Waals surface area contributed by atoms with E-state index in [9.17, 15) is 9.90 Å². The summed E-state index contributed by atoms with van der Waals surface area (Å²) in [5, 5.41) is 10.2. The predicted molar refractivity (Wildman–Crippen MR) is 112 cm³/mol. The van der Waals surface area contributed by atoms with Crippen molar-refractivity contribution in [3.8, 4) is 5.75 Å². The van der Waals surface area contributed by atoms with Gasteiger partial charge in [0.2, 0.25) is 5.43 Å². The van der Waals surface area contributed by atoms with E-state index in [1.807, 2.05) is 31.2 Å². The minimum Gasteiger partial charge on any atom is -0.503 e. The third kappa shape index (κ3) is 4.37. The molecule has 0 saturated carbocycles. The largest absolute Gasteiger partial charge is 0.503 e. The van der Waals surface area contributed by atoms with E-state index in [4.69, 9.17) is 22.1 Å². The number of hydrogen-bond acceptors (Lipinski definition) is 6. The number of ether oxygens (including phenoxy) is 1. The molecule has 0 aliphatic carbocycles. The molecule has 0 bridgehead atoms. The van der Waals surface area contributed by atoms with Crippen LogP contribution in [-0.2, 0) is 11.3 Å². The minimum atomic E-state index is -0.501. The second-order valence-electron chi connectivity index (χ2n) is 6.36. The number of nitrogen functional groups attached to an aromatic ring is 1. The molecule has 3 heterocycles. The molecule has 3 rings (SSSR count). The van der Waals surface area contributed by atoms with E-state index in [1.54, 1.807) is 10.8 Å². The van der Waals surface area contributed by atoms with Crippen molar-refractivity contribution in [2.45, 2.75) is 13.5 Å². The molecule has 148 valence electrons. The van der Waals surface area contributed by atoms with E-state index in [0.717, 1.165) is 30.0 Å². The van der Waals surface area contributed by atoms with Crippen LogP contribution in [0.3, 0.4) is 0 Å². The second kappa shape index (κ2) is 8.95. The van der Waals surface area contributed by atoms with Gasteiger partial charge in [-0.25, -0.2) is 4.98 Å². The molecule has 0 aromatic carbocycles. The van der Waals surface area contributed by atoms with Gasteiger partial charge in [-0.2, -0.15) is 0 Å². The lowest BCUT2D eigenvalue weighted by atomic mass is 10.1. The van der Waals surface area contributed by atoms with Crippen LogP contribution < -0.4 is 16.1 Å². The fourth-order valence-corrected chi connectivity index (χ4v) is 3.37. The van der Waals surface area contributed by atoms with Crippen LogP contribution in [0.2, 0.25) is 5.02 Å². The zero-order valence-corrected chi connectivity index (χ0v) is 16.4. The first-order valence-corrected chi connectivity index (χ1v) is 9.38. The number of aromatic hydroxyl groups is 1. The Labute approximate surface area is 168 Å². The molecule has 8 heteroatoms. The lowest BCUT2D eigenvalue weighted by Gasteiger charge is -2.29. The number of pyridine rings is 2. The Hall–Kier alpha value is -2.77. The Bertz CT molecular complexity index is 962. The average molecular weight is 403 g/mol. The maximum Gasteiger partial charge on any atom is 0.225 e. The van der Waals surface area contributed by atoms with Crippen LogP contribution in [0, 0.1) is 0 Å². The molecule has 0 amide bonds. The van der Waals surface area contributed by atoms with Gasteiger partial charge in [0.25, 0.3) is 0 Å². The molecule has 1 fully saturated rings. The number of morpholine rings is 1. The number of nitrogens with zero attached hydrogens (tertiary/aromatic N) is 3. The SMILES string of the molecule is C/C=C\C(=C/Cn1cc(O)c(=O)cc1N)c1ccnc(N2CCOCC2)c1Cl. The maximum absolute atomic E-state index is 11.5. The summed E-state index contributed by atoms with van der Waals surface area (Å²) >= 11 is 6.70. The van der Waals surface area contributed by atoms with E-state index < -0.39 is 5.43 Å². The quantitative estimate of drug-likeness (QED) is 0.747. The van der Waals surface area contributed by atoms with Gasteiger partial charge in [-0.05, 0) is 18.6 Å². The molecule has 3 N–H and O–H groups in total. The van der Waals surface area contributed by atoms with Crippen LogP contribution in [-0.4, -0.2) is 41.0 Å². The smallest absolute Gasteiger partial charge is 0.225 e. The Morgan fingerprint density at radius 1 is 1.43 bits per heavy atom. The predicted octanol–water partition coefficient (Wildman–Crippen LogP) is 2.68.